The van der Waals surface area contributed by atoms with E-state index in [2.05, 4.69) is 21.8 Å². The van der Waals surface area contributed by atoms with Crippen molar-refractivity contribution in [3.8, 4) is 0 Å². The summed E-state index contributed by atoms with van der Waals surface area (Å²) in [5.74, 6) is 0.636. The van der Waals surface area contributed by atoms with Gasteiger partial charge in [-0.2, -0.15) is 0 Å². The van der Waals surface area contributed by atoms with Crippen LogP contribution in [0.15, 0.2) is 29.0 Å². The number of piperidine rings is 1. The molecule has 0 saturated carbocycles. The Kier molecular flexibility index (Phi) is 6.29. The minimum Gasteiger partial charge on any atom is -0.384 e. The fourth-order valence-electron chi connectivity index (χ4n) is 2.19. The van der Waals surface area contributed by atoms with Crippen molar-refractivity contribution in [3.05, 3.63) is 24.0 Å². The summed E-state index contributed by atoms with van der Waals surface area (Å²) >= 11 is 0. The zero-order valence-corrected chi connectivity index (χ0v) is 11.9. The molecule has 0 spiro atoms. The maximum absolute atomic E-state index is 11.5. The van der Waals surface area contributed by atoms with E-state index >= 15 is 0 Å². The Bertz CT molecular complexity index is 379. The van der Waals surface area contributed by atoms with Crippen LogP contribution in [0.5, 0.6) is 0 Å². The Hall–Kier alpha value is -1.62. The Morgan fingerprint density at radius 1 is 1.53 bits per heavy atom. The number of nitrogens with two attached hydrogens (primary N) is 1. The number of amides is 1. The van der Waals surface area contributed by atoms with Crippen molar-refractivity contribution >= 4 is 12.1 Å². The maximum Gasteiger partial charge on any atom is 0.222 e. The molecular weight excluding hydrogens is 240 g/mol. The molecule has 1 aliphatic rings. The molecular formula is C14H24N4O. The number of aliphatic imine (C=N–C) groups is 1. The molecule has 106 valence electrons. The number of rotatable bonds is 5. The van der Waals surface area contributed by atoms with E-state index in [0.717, 1.165) is 38.0 Å². The molecule has 1 heterocycles. The first-order valence-corrected chi connectivity index (χ1v) is 6.64. The summed E-state index contributed by atoms with van der Waals surface area (Å²) in [6.45, 7) is 8.24. The Balaban J connectivity index is 2.43. The number of allylic oxidation sites excluding steroid dienone is 1. The molecule has 3 N–H and O–H groups in total. The normalized spacial score (nSPS) is 18.7. The van der Waals surface area contributed by atoms with Gasteiger partial charge in [-0.05, 0) is 38.4 Å². The molecule has 1 rings (SSSR count). The zero-order valence-electron chi connectivity index (χ0n) is 11.9. The second-order valence-corrected chi connectivity index (χ2v) is 4.78. The third-order valence-electron chi connectivity index (χ3n) is 3.38. The summed E-state index contributed by atoms with van der Waals surface area (Å²) in [4.78, 5) is 17.9. The van der Waals surface area contributed by atoms with Crippen LogP contribution in [0, 0.1) is 5.92 Å². The predicted octanol–water partition coefficient (Wildman–Crippen LogP) is 0.891. The number of nitrogens with one attached hydrogen (secondary N) is 1. The Morgan fingerprint density at radius 3 is 2.63 bits per heavy atom. The van der Waals surface area contributed by atoms with E-state index in [1.165, 1.54) is 0 Å². The Morgan fingerprint density at radius 2 is 2.16 bits per heavy atom. The van der Waals surface area contributed by atoms with E-state index in [1.807, 2.05) is 13.0 Å². The standard InChI is InChI=1S/C14H24N4O/c1-4-12(9-17-11(2)15)10-18-7-5-13(6-8-18)14(19)16-3/h4,9,13H,2,5-8,10,15H2,1,3H3,(H,16,19)/b12-4+,17-9-. The lowest BCUT2D eigenvalue weighted by molar-refractivity contribution is -0.125. The third-order valence-corrected chi connectivity index (χ3v) is 3.38. The molecule has 1 amide bonds. The molecule has 1 aliphatic heterocycles. The summed E-state index contributed by atoms with van der Waals surface area (Å²) in [5, 5.41) is 2.72. The van der Waals surface area contributed by atoms with Gasteiger partial charge < -0.3 is 11.1 Å². The number of nitrogens with zero attached hydrogens (tertiary/aromatic N) is 2. The summed E-state index contributed by atoms with van der Waals surface area (Å²) < 4.78 is 0. The molecule has 0 unspecified atom stereocenters. The van der Waals surface area contributed by atoms with Crippen molar-refractivity contribution in [3.63, 3.8) is 0 Å². The van der Waals surface area contributed by atoms with Gasteiger partial charge in [-0.3, -0.25) is 9.69 Å². The smallest absolute Gasteiger partial charge is 0.222 e. The number of likely N-dealkylation sites (tertiary alicyclic amines) is 1. The summed E-state index contributed by atoms with van der Waals surface area (Å²) in [6, 6.07) is 0. The predicted molar refractivity (Wildman–Crippen MR) is 78.8 cm³/mol. The van der Waals surface area contributed by atoms with Crippen LogP contribution in [0.25, 0.3) is 0 Å². The van der Waals surface area contributed by atoms with E-state index in [1.54, 1.807) is 13.3 Å². The van der Waals surface area contributed by atoms with E-state index in [4.69, 9.17) is 5.73 Å². The van der Waals surface area contributed by atoms with Crippen LogP contribution in [-0.2, 0) is 4.79 Å². The SMILES string of the molecule is C=C(N)/N=C\C(=C/C)CN1CCC(C(=O)NC)CC1. The van der Waals surface area contributed by atoms with Crippen LogP contribution in [-0.4, -0.2) is 43.7 Å². The minimum atomic E-state index is 0.159. The average molecular weight is 264 g/mol. The number of hydrogen-bond acceptors (Lipinski definition) is 4. The average Bonchev–Trinajstić information content (AvgIpc) is 2.43. The van der Waals surface area contributed by atoms with Crippen LogP contribution in [0.3, 0.4) is 0 Å². The summed E-state index contributed by atoms with van der Waals surface area (Å²) in [7, 11) is 1.70. The van der Waals surface area contributed by atoms with E-state index in [9.17, 15) is 4.79 Å². The highest BCUT2D eigenvalue weighted by molar-refractivity contribution is 5.80. The number of carbonyl (C=O) groups excluding carboxylic acids is 1. The van der Waals surface area contributed by atoms with Gasteiger partial charge >= 0.3 is 0 Å². The van der Waals surface area contributed by atoms with Gasteiger partial charge in [0.05, 0.1) is 0 Å². The van der Waals surface area contributed by atoms with Crippen molar-refractivity contribution in [2.45, 2.75) is 19.8 Å². The second-order valence-electron chi connectivity index (χ2n) is 4.78. The van der Waals surface area contributed by atoms with Crippen molar-refractivity contribution in [2.24, 2.45) is 16.6 Å². The first kappa shape index (κ1) is 15.4. The highest BCUT2D eigenvalue weighted by atomic mass is 16.1. The van der Waals surface area contributed by atoms with Gasteiger partial charge in [-0.25, -0.2) is 4.99 Å². The largest absolute Gasteiger partial charge is 0.384 e. The van der Waals surface area contributed by atoms with E-state index in [-0.39, 0.29) is 11.8 Å². The highest BCUT2D eigenvalue weighted by Gasteiger charge is 2.24. The van der Waals surface area contributed by atoms with Crippen LogP contribution in [0.4, 0.5) is 0 Å². The Labute approximate surface area is 115 Å². The van der Waals surface area contributed by atoms with Gasteiger partial charge in [0.2, 0.25) is 5.91 Å². The summed E-state index contributed by atoms with van der Waals surface area (Å²) in [6.07, 6.45) is 5.61. The number of hydrogen-bond donors (Lipinski definition) is 2. The van der Waals surface area contributed by atoms with Crippen molar-refractivity contribution in [2.75, 3.05) is 26.7 Å². The molecule has 5 nitrogen and oxygen atoms in total. The highest BCUT2D eigenvalue weighted by Crippen LogP contribution is 2.17. The third kappa shape index (κ3) is 5.26. The molecule has 0 aliphatic carbocycles. The summed E-state index contributed by atoms with van der Waals surface area (Å²) in [5.41, 5.74) is 6.53. The zero-order chi connectivity index (χ0) is 14.3. The monoisotopic (exact) mass is 264 g/mol. The fraction of sp³-hybridized carbons (Fsp3) is 0.571. The van der Waals surface area contributed by atoms with Gasteiger partial charge in [0.15, 0.2) is 0 Å². The van der Waals surface area contributed by atoms with Crippen LogP contribution >= 0.6 is 0 Å². The van der Waals surface area contributed by atoms with Gasteiger partial charge in [0, 0.05) is 25.7 Å². The molecule has 1 saturated heterocycles. The number of carbonyl (C=O) groups is 1. The second kappa shape index (κ2) is 7.74. The van der Waals surface area contributed by atoms with Crippen LogP contribution < -0.4 is 11.1 Å². The molecule has 0 bridgehead atoms. The van der Waals surface area contributed by atoms with Crippen LogP contribution in [0.2, 0.25) is 0 Å². The molecule has 0 radical (unpaired) electrons. The minimum absolute atomic E-state index is 0.159. The van der Waals surface area contributed by atoms with Gasteiger partial charge in [-0.1, -0.05) is 12.7 Å². The lowest BCUT2D eigenvalue weighted by Crippen LogP contribution is -2.40. The quantitative estimate of drug-likeness (QED) is 0.725. The molecule has 5 heteroatoms. The van der Waals surface area contributed by atoms with Gasteiger partial charge in [0.25, 0.3) is 0 Å². The van der Waals surface area contributed by atoms with Crippen molar-refractivity contribution in [1.29, 1.82) is 0 Å². The van der Waals surface area contributed by atoms with E-state index < -0.39 is 0 Å². The molecule has 0 aromatic rings. The van der Waals surface area contributed by atoms with Gasteiger partial charge in [0.1, 0.15) is 5.82 Å². The molecule has 1 fully saturated rings. The van der Waals surface area contributed by atoms with Gasteiger partial charge in [-0.15, -0.1) is 0 Å². The lowest BCUT2D eigenvalue weighted by atomic mass is 9.95. The molecule has 0 aromatic heterocycles. The fourth-order valence-corrected chi connectivity index (χ4v) is 2.19. The molecule has 19 heavy (non-hydrogen) atoms. The first-order chi connectivity index (χ1) is 9.06. The van der Waals surface area contributed by atoms with Crippen LogP contribution in [0.1, 0.15) is 19.8 Å². The van der Waals surface area contributed by atoms with Crippen molar-refractivity contribution < 1.29 is 4.79 Å². The van der Waals surface area contributed by atoms with E-state index in [0.29, 0.717) is 5.82 Å². The maximum atomic E-state index is 11.5. The van der Waals surface area contributed by atoms with Crippen molar-refractivity contribution in [1.82, 2.24) is 10.2 Å². The molecule has 0 aromatic carbocycles. The molecule has 0 atom stereocenters. The lowest BCUT2D eigenvalue weighted by Gasteiger charge is -2.31. The first-order valence-electron chi connectivity index (χ1n) is 6.64. The topological polar surface area (TPSA) is 70.7 Å².